The van der Waals surface area contributed by atoms with Crippen LogP contribution in [0.4, 0.5) is 5.82 Å². The highest BCUT2D eigenvalue weighted by Gasteiger charge is 2.27. The zero-order valence-electron chi connectivity index (χ0n) is 13.7. The molecule has 1 unspecified atom stereocenters. The molecule has 1 fully saturated rings. The van der Waals surface area contributed by atoms with Gasteiger partial charge in [-0.25, -0.2) is 4.98 Å². The summed E-state index contributed by atoms with van der Waals surface area (Å²) >= 11 is 0. The number of pyridine rings is 1. The van der Waals surface area contributed by atoms with E-state index in [1.165, 1.54) is 5.56 Å². The number of aliphatic carboxylic acids is 1. The molecule has 1 N–H and O–H groups in total. The lowest BCUT2D eigenvalue weighted by Gasteiger charge is -2.42. The molecule has 3 rings (SSSR count). The second kappa shape index (κ2) is 7.93. The Morgan fingerprint density at radius 1 is 1.12 bits per heavy atom. The lowest BCUT2D eigenvalue weighted by molar-refractivity contribution is -0.137. The number of carboxylic acids is 1. The zero-order valence-corrected chi connectivity index (χ0v) is 13.7. The fraction of sp³-hybridized carbons (Fsp3) is 0.368. The normalized spacial score (nSPS) is 18.5. The van der Waals surface area contributed by atoms with Crippen molar-refractivity contribution in [3.63, 3.8) is 0 Å². The van der Waals surface area contributed by atoms with Gasteiger partial charge in [-0.3, -0.25) is 9.69 Å². The molecule has 1 aliphatic rings. The fourth-order valence-electron chi connectivity index (χ4n) is 3.26. The molecule has 0 amide bonds. The van der Waals surface area contributed by atoms with Gasteiger partial charge in [-0.05, 0) is 24.1 Å². The van der Waals surface area contributed by atoms with Crippen LogP contribution in [-0.4, -0.2) is 53.2 Å². The predicted octanol–water partition coefficient (Wildman–Crippen LogP) is 2.29. The Morgan fingerprint density at radius 3 is 2.62 bits per heavy atom. The smallest absolute Gasteiger partial charge is 0.304 e. The highest BCUT2D eigenvalue weighted by Crippen LogP contribution is 2.19. The minimum absolute atomic E-state index is 0.189. The van der Waals surface area contributed by atoms with Gasteiger partial charge >= 0.3 is 5.97 Å². The first-order valence-electron chi connectivity index (χ1n) is 8.38. The van der Waals surface area contributed by atoms with Crippen LogP contribution in [0.5, 0.6) is 0 Å². The summed E-state index contributed by atoms with van der Waals surface area (Å²) in [7, 11) is 0. The molecule has 24 heavy (non-hydrogen) atoms. The van der Waals surface area contributed by atoms with Crippen molar-refractivity contribution in [1.29, 1.82) is 0 Å². The number of rotatable bonds is 6. The van der Waals surface area contributed by atoms with Gasteiger partial charge in [0.25, 0.3) is 0 Å². The lowest BCUT2D eigenvalue weighted by Crippen LogP contribution is -2.54. The van der Waals surface area contributed by atoms with Gasteiger partial charge in [-0.2, -0.15) is 0 Å². The highest BCUT2D eigenvalue weighted by atomic mass is 16.4. The molecule has 0 radical (unpaired) electrons. The van der Waals surface area contributed by atoms with Gasteiger partial charge < -0.3 is 10.0 Å². The SMILES string of the molecule is O=C(O)CCN1CCN(c2ccccn2)CC1Cc1ccccc1. The number of nitrogens with zero attached hydrogens (tertiary/aromatic N) is 3. The van der Waals surface area contributed by atoms with Crippen LogP contribution in [0.2, 0.25) is 0 Å². The first-order valence-corrected chi connectivity index (χ1v) is 8.38. The first kappa shape index (κ1) is 16.5. The Morgan fingerprint density at radius 2 is 1.92 bits per heavy atom. The Balaban J connectivity index is 1.72. The highest BCUT2D eigenvalue weighted by molar-refractivity contribution is 5.66. The molecule has 1 aromatic heterocycles. The molecule has 0 spiro atoms. The number of benzene rings is 1. The summed E-state index contributed by atoms with van der Waals surface area (Å²) in [6.07, 6.45) is 2.93. The summed E-state index contributed by atoms with van der Waals surface area (Å²) in [4.78, 5) is 20.0. The molecule has 1 saturated heterocycles. The standard InChI is InChI=1S/C19H23N3O2/c23-19(24)9-11-21-12-13-22(18-8-4-5-10-20-18)15-17(21)14-16-6-2-1-3-7-16/h1-8,10,17H,9,11-15H2,(H,23,24). The Bertz CT molecular complexity index is 648. The molecule has 0 saturated carbocycles. The molecule has 1 aliphatic heterocycles. The van der Waals surface area contributed by atoms with Crippen molar-refractivity contribution in [3.8, 4) is 0 Å². The molecule has 0 bridgehead atoms. The minimum atomic E-state index is -0.736. The summed E-state index contributed by atoms with van der Waals surface area (Å²) < 4.78 is 0. The van der Waals surface area contributed by atoms with Gasteiger partial charge in [0.1, 0.15) is 5.82 Å². The van der Waals surface area contributed by atoms with Crippen molar-refractivity contribution in [2.75, 3.05) is 31.1 Å². The number of aromatic nitrogens is 1. The van der Waals surface area contributed by atoms with Gasteiger partial charge in [-0.1, -0.05) is 36.4 Å². The van der Waals surface area contributed by atoms with E-state index in [0.717, 1.165) is 31.9 Å². The van der Waals surface area contributed by atoms with Crippen molar-refractivity contribution < 1.29 is 9.90 Å². The second-order valence-corrected chi connectivity index (χ2v) is 6.16. The van der Waals surface area contributed by atoms with Gasteiger partial charge in [0.2, 0.25) is 0 Å². The fourth-order valence-corrected chi connectivity index (χ4v) is 3.26. The van der Waals surface area contributed by atoms with E-state index < -0.39 is 5.97 Å². The molecule has 1 aromatic carbocycles. The van der Waals surface area contributed by atoms with E-state index in [4.69, 9.17) is 5.11 Å². The number of carbonyl (C=O) groups is 1. The maximum atomic E-state index is 10.9. The van der Waals surface area contributed by atoms with E-state index in [0.29, 0.717) is 12.6 Å². The molecule has 126 valence electrons. The average Bonchev–Trinajstić information content (AvgIpc) is 2.62. The number of anilines is 1. The predicted molar refractivity (Wildman–Crippen MR) is 94.2 cm³/mol. The third kappa shape index (κ3) is 4.32. The van der Waals surface area contributed by atoms with Crippen molar-refractivity contribution in [3.05, 3.63) is 60.3 Å². The van der Waals surface area contributed by atoms with Gasteiger partial charge in [0.05, 0.1) is 6.42 Å². The third-order valence-electron chi connectivity index (χ3n) is 4.50. The van der Waals surface area contributed by atoms with Crippen LogP contribution in [0, 0.1) is 0 Å². The van der Waals surface area contributed by atoms with E-state index in [1.54, 1.807) is 0 Å². The molecule has 5 nitrogen and oxygen atoms in total. The van der Waals surface area contributed by atoms with Crippen LogP contribution in [0.3, 0.4) is 0 Å². The van der Waals surface area contributed by atoms with Crippen LogP contribution in [-0.2, 0) is 11.2 Å². The molecule has 0 aliphatic carbocycles. The summed E-state index contributed by atoms with van der Waals surface area (Å²) in [5.41, 5.74) is 1.28. The van der Waals surface area contributed by atoms with E-state index in [2.05, 4.69) is 39.0 Å². The van der Waals surface area contributed by atoms with Crippen LogP contribution >= 0.6 is 0 Å². The van der Waals surface area contributed by atoms with E-state index in [9.17, 15) is 4.79 Å². The maximum absolute atomic E-state index is 10.9. The van der Waals surface area contributed by atoms with E-state index in [1.807, 2.05) is 30.5 Å². The van der Waals surface area contributed by atoms with Crippen molar-refractivity contribution >= 4 is 11.8 Å². The number of carboxylic acid groups (broad SMARTS) is 1. The zero-order chi connectivity index (χ0) is 16.8. The summed E-state index contributed by atoms with van der Waals surface area (Å²) in [5, 5.41) is 9.00. The first-order chi connectivity index (χ1) is 11.7. The largest absolute Gasteiger partial charge is 0.481 e. The van der Waals surface area contributed by atoms with Crippen molar-refractivity contribution in [2.24, 2.45) is 0 Å². The Labute approximate surface area is 142 Å². The molecular weight excluding hydrogens is 302 g/mol. The molecule has 2 heterocycles. The van der Waals surface area contributed by atoms with Crippen LogP contribution in [0.25, 0.3) is 0 Å². The van der Waals surface area contributed by atoms with E-state index >= 15 is 0 Å². The Kier molecular flexibility index (Phi) is 5.43. The Hall–Kier alpha value is -2.40. The summed E-state index contributed by atoms with van der Waals surface area (Å²) in [6, 6.07) is 16.7. The second-order valence-electron chi connectivity index (χ2n) is 6.16. The molecule has 2 aromatic rings. The summed E-state index contributed by atoms with van der Waals surface area (Å²) in [6.45, 7) is 3.21. The quantitative estimate of drug-likeness (QED) is 0.883. The molecular formula is C19H23N3O2. The molecule has 1 atom stereocenters. The van der Waals surface area contributed by atoms with Crippen molar-refractivity contribution in [1.82, 2.24) is 9.88 Å². The van der Waals surface area contributed by atoms with Gasteiger partial charge in [0.15, 0.2) is 0 Å². The number of piperazine rings is 1. The number of hydrogen-bond donors (Lipinski definition) is 1. The maximum Gasteiger partial charge on any atom is 0.304 e. The average molecular weight is 325 g/mol. The van der Waals surface area contributed by atoms with Crippen LogP contribution < -0.4 is 4.90 Å². The van der Waals surface area contributed by atoms with Gasteiger partial charge in [-0.15, -0.1) is 0 Å². The third-order valence-corrected chi connectivity index (χ3v) is 4.50. The van der Waals surface area contributed by atoms with Crippen LogP contribution in [0.1, 0.15) is 12.0 Å². The minimum Gasteiger partial charge on any atom is -0.481 e. The molecule has 5 heteroatoms. The monoisotopic (exact) mass is 325 g/mol. The van der Waals surface area contributed by atoms with Crippen LogP contribution in [0.15, 0.2) is 54.7 Å². The number of hydrogen-bond acceptors (Lipinski definition) is 4. The topological polar surface area (TPSA) is 56.7 Å². The lowest BCUT2D eigenvalue weighted by atomic mass is 10.0. The van der Waals surface area contributed by atoms with Gasteiger partial charge in [0, 0.05) is 38.4 Å². The van der Waals surface area contributed by atoms with Crippen molar-refractivity contribution in [2.45, 2.75) is 18.9 Å². The van der Waals surface area contributed by atoms with E-state index in [-0.39, 0.29) is 6.42 Å². The summed E-state index contributed by atoms with van der Waals surface area (Å²) in [5.74, 6) is 0.258.